The van der Waals surface area contributed by atoms with E-state index in [-0.39, 0.29) is 17.1 Å². The van der Waals surface area contributed by atoms with E-state index in [1.54, 1.807) is 0 Å². The van der Waals surface area contributed by atoms with Crippen LogP contribution in [-0.4, -0.2) is 36.9 Å². The van der Waals surface area contributed by atoms with Crippen molar-refractivity contribution in [3.05, 3.63) is 42.5 Å². The highest BCUT2D eigenvalue weighted by molar-refractivity contribution is 7.92. The van der Waals surface area contributed by atoms with Crippen molar-refractivity contribution in [2.45, 2.75) is 10.4 Å². The van der Waals surface area contributed by atoms with Gasteiger partial charge in [0.25, 0.3) is 15.7 Å². The summed E-state index contributed by atoms with van der Waals surface area (Å²) in [5.41, 5.74) is -5.82. The monoisotopic (exact) mass is 361 g/mol. The Hall–Kier alpha value is -2.69. The van der Waals surface area contributed by atoms with E-state index in [9.17, 15) is 26.4 Å². The van der Waals surface area contributed by atoms with Crippen LogP contribution in [-0.2, 0) is 9.84 Å². The van der Waals surface area contributed by atoms with Crippen molar-refractivity contribution in [3.8, 4) is 5.75 Å². The van der Waals surface area contributed by atoms with Crippen molar-refractivity contribution in [3.63, 3.8) is 0 Å². The van der Waals surface area contributed by atoms with Gasteiger partial charge in [0.2, 0.25) is 0 Å². The molecule has 0 saturated carbocycles. The second-order valence-corrected chi connectivity index (χ2v) is 6.30. The number of benzene rings is 1. The maximum Gasteiger partial charge on any atom is 0.501 e. The number of alkyl halides is 3. The topological polar surface area (TPSA) is 98.2 Å². The predicted molar refractivity (Wildman–Crippen MR) is 76.2 cm³/mol. The molecule has 0 aliphatic heterocycles. The number of rotatable bonds is 4. The van der Waals surface area contributed by atoms with Gasteiger partial charge in [0.1, 0.15) is 11.4 Å². The van der Waals surface area contributed by atoms with Gasteiger partial charge >= 0.3 is 5.51 Å². The number of carbonyl (C=O) groups excluding carboxylic acids is 1. The number of nitrogens with zero attached hydrogens (tertiary/aromatic N) is 2. The maximum atomic E-state index is 12.6. The Bertz CT molecular complexity index is 855. The minimum Gasteiger partial charge on any atom is -0.495 e. The highest BCUT2D eigenvalue weighted by Gasteiger charge is 2.47. The molecule has 1 aromatic heterocycles. The van der Waals surface area contributed by atoms with Crippen LogP contribution in [0.25, 0.3) is 0 Å². The molecule has 7 nitrogen and oxygen atoms in total. The summed E-state index contributed by atoms with van der Waals surface area (Å²) < 4.78 is 65.7. The number of aromatic nitrogens is 2. The number of hydrogen-bond acceptors (Lipinski definition) is 6. The molecule has 1 N–H and O–H groups in total. The van der Waals surface area contributed by atoms with E-state index < -0.39 is 26.1 Å². The van der Waals surface area contributed by atoms with Gasteiger partial charge in [-0.2, -0.15) is 13.2 Å². The zero-order valence-corrected chi connectivity index (χ0v) is 12.9. The SMILES string of the molecule is COc1ccc(S(=O)(=O)C(F)(F)F)cc1NC(=O)c1cnccn1. The molecule has 0 aliphatic carbocycles. The van der Waals surface area contributed by atoms with E-state index in [1.807, 2.05) is 0 Å². The molecule has 1 amide bonds. The summed E-state index contributed by atoms with van der Waals surface area (Å²) in [6.07, 6.45) is 3.71. The molecule has 0 spiro atoms. The summed E-state index contributed by atoms with van der Waals surface area (Å²) in [6.45, 7) is 0. The average Bonchev–Trinajstić information content (AvgIpc) is 2.54. The van der Waals surface area contributed by atoms with Crippen molar-refractivity contribution < 1.29 is 31.1 Å². The van der Waals surface area contributed by atoms with Crippen LogP contribution in [0, 0.1) is 0 Å². The van der Waals surface area contributed by atoms with Crippen LogP contribution in [0.5, 0.6) is 5.75 Å². The van der Waals surface area contributed by atoms with Gasteiger partial charge in [-0.05, 0) is 18.2 Å². The summed E-state index contributed by atoms with van der Waals surface area (Å²) >= 11 is 0. The zero-order valence-electron chi connectivity index (χ0n) is 12.0. The van der Waals surface area contributed by atoms with Crippen LogP contribution in [0.3, 0.4) is 0 Å². The quantitative estimate of drug-likeness (QED) is 0.895. The van der Waals surface area contributed by atoms with Crippen LogP contribution < -0.4 is 10.1 Å². The van der Waals surface area contributed by atoms with E-state index in [0.29, 0.717) is 6.07 Å². The van der Waals surface area contributed by atoms with Crippen LogP contribution in [0.1, 0.15) is 10.5 Å². The summed E-state index contributed by atoms with van der Waals surface area (Å²) in [7, 11) is -4.35. The average molecular weight is 361 g/mol. The highest BCUT2D eigenvalue weighted by Crippen LogP contribution is 2.34. The van der Waals surface area contributed by atoms with Gasteiger partial charge in [-0.25, -0.2) is 13.4 Å². The third-order valence-corrected chi connectivity index (χ3v) is 4.31. The van der Waals surface area contributed by atoms with E-state index >= 15 is 0 Å². The Morgan fingerprint density at radius 1 is 1.25 bits per heavy atom. The lowest BCUT2D eigenvalue weighted by Crippen LogP contribution is -2.23. The predicted octanol–water partition coefficient (Wildman–Crippen LogP) is 2.03. The summed E-state index contributed by atoms with van der Waals surface area (Å²) in [6, 6.07) is 2.40. The lowest BCUT2D eigenvalue weighted by molar-refractivity contribution is -0.0436. The van der Waals surface area contributed by atoms with Gasteiger partial charge in [-0.1, -0.05) is 0 Å². The van der Waals surface area contributed by atoms with E-state index in [1.165, 1.54) is 19.5 Å². The molecule has 0 unspecified atom stereocenters. The molecule has 24 heavy (non-hydrogen) atoms. The zero-order chi connectivity index (χ0) is 18.0. The molecule has 1 aromatic carbocycles. The summed E-state index contributed by atoms with van der Waals surface area (Å²) in [5, 5.41) is 2.24. The molecule has 0 radical (unpaired) electrons. The Morgan fingerprint density at radius 2 is 1.96 bits per heavy atom. The Balaban J connectivity index is 2.43. The van der Waals surface area contributed by atoms with E-state index in [0.717, 1.165) is 18.3 Å². The minimum atomic E-state index is -5.56. The fraction of sp³-hybridized carbons (Fsp3) is 0.154. The molecule has 1 heterocycles. The number of sulfone groups is 1. The number of methoxy groups -OCH3 is 1. The third-order valence-electron chi connectivity index (χ3n) is 2.83. The van der Waals surface area contributed by atoms with Gasteiger partial charge in [0.05, 0.1) is 23.9 Å². The molecular weight excluding hydrogens is 351 g/mol. The van der Waals surface area contributed by atoms with Gasteiger partial charge in [-0.15, -0.1) is 0 Å². The van der Waals surface area contributed by atoms with E-state index in [4.69, 9.17) is 4.74 Å². The molecular formula is C13H10F3N3O4S. The third kappa shape index (κ3) is 3.45. The second-order valence-electron chi connectivity index (χ2n) is 4.36. The van der Waals surface area contributed by atoms with Crippen LogP contribution in [0.15, 0.2) is 41.7 Å². The number of anilines is 1. The second kappa shape index (κ2) is 6.43. The maximum absolute atomic E-state index is 12.6. The van der Waals surface area contributed by atoms with Crippen molar-refractivity contribution in [2.75, 3.05) is 12.4 Å². The fourth-order valence-electron chi connectivity index (χ4n) is 1.69. The van der Waals surface area contributed by atoms with Gasteiger partial charge < -0.3 is 10.1 Å². The Kier molecular flexibility index (Phi) is 4.73. The van der Waals surface area contributed by atoms with Crippen LogP contribution in [0.2, 0.25) is 0 Å². The van der Waals surface area contributed by atoms with Crippen LogP contribution >= 0.6 is 0 Å². The molecule has 0 bridgehead atoms. The molecule has 128 valence electrons. The minimum absolute atomic E-state index is 0.0200. The smallest absolute Gasteiger partial charge is 0.495 e. The number of ether oxygens (including phenoxy) is 1. The van der Waals surface area contributed by atoms with Gasteiger partial charge in [0.15, 0.2) is 0 Å². The number of nitrogens with one attached hydrogen (secondary N) is 1. The molecule has 0 aliphatic rings. The number of amides is 1. The largest absolute Gasteiger partial charge is 0.501 e. The lowest BCUT2D eigenvalue weighted by Gasteiger charge is -2.13. The van der Waals surface area contributed by atoms with Crippen molar-refractivity contribution in [1.82, 2.24) is 9.97 Å². The van der Waals surface area contributed by atoms with Gasteiger partial charge in [0, 0.05) is 12.4 Å². The first-order valence-electron chi connectivity index (χ1n) is 6.23. The van der Waals surface area contributed by atoms with Crippen molar-refractivity contribution in [2.24, 2.45) is 0 Å². The molecule has 11 heteroatoms. The number of halogens is 3. The molecule has 0 saturated heterocycles. The first-order valence-corrected chi connectivity index (χ1v) is 7.72. The standard InChI is InChI=1S/C13H10F3N3O4S/c1-23-11-3-2-8(24(21,22)13(14,15)16)6-9(11)19-12(20)10-7-17-4-5-18-10/h2-7H,1H3,(H,19,20). The van der Waals surface area contributed by atoms with Crippen LogP contribution in [0.4, 0.5) is 18.9 Å². The van der Waals surface area contributed by atoms with Crippen molar-refractivity contribution in [1.29, 1.82) is 0 Å². The molecule has 2 rings (SSSR count). The van der Waals surface area contributed by atoms with Crippen molar-refractivity contribution >= 4 is 21.4 Å². The van der Waals surface area contributed by atoms with E-state index in [2.05, 4.69) is 15.3 Å². The number of carbonyl (C=O) groups is 1. The Morgan fingerprint density at radius 3 is 2.50 bits per heavy atom. The summed E-state index contributed by atoms with van der Waals surface area (Å²) in [5.74, 6) is -0.809. The first kappa shape index (κ1) is 17.7. The fourth-order valence-corrected chi connectivity index (χ4v) is 2.48. The summed E-state index contributed by atoms with van der Waals surface area (Å²) in [4.78, 5) is 18.4. The number of hydrogen-bond donors (Lipinski definition) is 1. The molecule has 2 aromatic rings. The lowest BCUT2D eigenvalue weighted by atomic mass is 10.2. The molecule has 0 fully saturated rings. The first-order chi connectivity index (χ1) is 11.2. The Labute approximate surface area is 134 Å². The van der Waals surface area contributed by atoms with Gasteiger partial charge in [-0.3, -0.25) is 9.78 Å². The highest BCUT2D eigenvalue weighted by atomic mass is 32.2. The molecule has 0 atom stereocenters. The normalized spacial score (nSPS) is 11.8.